The Balaban J connectivity index is 1.53. The fourth-order valence-electron chi connectivity index (χ4n) is 2.72. The average Bonchev–Trinajstić information content (AvgIpc) is 3.16. The monoisotopic (exact) mass is 261 g/mol. The van der Waals surface area contributed by atoms with Gasteiger partial charge in [0.1, 0.15) is 5.82 Å². The molecule has 1 saturated heterocycles. The first-order chi connectivity index (χ1) is 9.35. The van der Waals surface area contributed by atoms with Crippen LogP contribution in [0.4, 0.5) is 5.82 Å². The molecule has 0 aromatic carbocycles. The predicted molar refractivity (Wildman–Crippen MR) is 76.1 cm³/mol. The molecule has 0 radical (unpaired) electrons. The summed E-state index contributed by atoms with van der Waals surface area (Å²) in [4.78, 5) is 6.91. The van der Waals surface area contributed by atoms with Gasteiger partial charge in [-0.15, -0.1) is 0 Å². The summed E-state index contributed by atoms with van der Waals surface area (Å²) < 4.78 is 0. The van der Waals surface area contributed by atoms with Crippen LogP contribution in [0.1, 0.15) is 31.2 Å². The van der Waals surface area contributed by atoms with E-state index in [1.807, 2.05) is 6.20 Å². The van der Waals surface area contributed by atoms with Crippen molar-refractivity contribution < 1.29 is 5.11 Å². The molecular weight excluding hydrogens is 238 g/mol. The van der Waals surface area contributed by atoms with Crippen molar-refractivity contribution in [3.63, 3.8) is 0 Å². The number of nitrogens with one attached hydrogen (secondary N) is 1. The van der Waals surface area contributed by atoms with Gasteiger partial charge in [0, 0.05) is 38.5 Å². The highest BCUT2D eigenvalue weighted by Crippen LogP contribution is 2.24. The van der Waals surface area contributed by atoms with E-state index in [-0.39, 0.29) is 0 Å². The van der Waals surface area contributed by atoms with Gasteiger partial charge in [-0.2, -0.15) is 0 Å². The lowest BCUT2D eigenvalue weighted by Crippen LogP contribution is -2.21. The number of hydrogen-bond donors (Lipinski definition) is 2. The summed E-state index contributed by atoms with van der Waals surface area (Å²) in [6.07, 6.45) is 6.73. The molecule has 1 aliphatic heterocycles. The van der Waals surface area contributed by atoms with Gasteiger partial charge in [-0.1, -0.05) is 6.07 Å². The van der Waals surface area contributed by atoms with E-state index in [0.717, 1.165) is 37.9 Å². The Morgan fingerprint density at radius 1 is 1.32 bits per heavy atom. The first kappa shape index (κ1) is 12.9. The van der Waals surface area contributed by atoms with Gasteiger partial charge in [0.25, 0.3) is 0 Å². The number of hydrogen-bond acceptors (Lipinski definition) is 4. The van der Waals surface area contributed by atoms with Crippen LogP contribution in [0.15, 0.2) is 18.3 Å². The third-order valence-corrected chi connectivity index (χ3v) is 4.13. The minimum absolute atomic E-state index is 0.303. The minimum Gasteiger partial charge on any atom is -0.396 e. The number of rotatable bonds is 6. The van der Waals surface area contributed by atoms with Crippen LogP contribution in [-0.4, -0.2) is 35.8 Å². The summed E-state index contributed by atoms with van der Waals surface area (Å²) >= 11 is 0. The predicted octanol–water partition coefficient (Wildman–Crippen LogP) is 1.54. The molecule has 1 aliphatic carbocycles. The summed E-state index contributed by atoms with van der Waals surface area (Å²) in [5.41, 5.74) is 1.27. The Morgan fingerprint density at radius 3 is 2.89 bits per heavy atom. The zero-order valence-electron chi connectivity index (χ0n) is 11.4. The van der Waals surface area contributed by atoms with E-state index in [0.29, 0.717) is 12.5 Å². The van der Waals surface area contributed by atoms with Crippen LogP contribution in [0.5, 0.6) is 0 Å². The van der Waals surface area contributed by atoms with E-state index in [1.165, 1.54) is 24.8 Å². The topological polar surface area (TPSA) is 48.4 Å². The zero-order valence-corrected chi connectivity index (χ0v) is 11.4. The van der Waals surface area contributed by atoms with Crippen molar-refractivity contribution in [2.45, 2.75) is 38.3 Å². The van der Waals surface area contributed by atoms with Gasteiger partial charge in [-0.05, 0) is 43.2 Å². The Morgan fingerprint density at radius 2 is 2.21 bits per heavy atom. The molecule has 19 heavy (non-hydrogen) atoms. The second-order valence-corrected chi connectivity index (χ2v) is 5.79. The van der Waals surface area contributed by atoms with E-state index in [1.54, 1.807) is 0 Å². The number of nitrogens with zero attached hydrogens (tertiary/aromatic N) is 2. The molecule has 2 N–H and O–H groups in total. The van der Waals surface area contributed by atoms with Gasteiger partial charge in [0.15, 0.2) is 0 Å². The van der Waals surface area contributed by atoms with Crippen molar-refractivity contribution >= 4 is 5.82 Å². The van der Waals surface area contributed by atoms with E-state index in [2.05, 4.69) is 27.3 Å². The molecule has 3 rings (SSSR count). The lowest BCUT2D eigenvalue weighted by molar-refractivity contribution is 0.263. The van der Waals surface area contributed by atoms with Crippen LogP contribution in [0.2, 0.25) is 0 Å². The second kappa shape index (κ2) is 5.88. The molecule has 2 heterocycles. The molecule has 2 fully saturated rings. The number of aliphatic hydroxyl groups excluding tert-OH is 1. The van der Waals surface area contributed by atoms with Gasteiger partial charge < -0.3 is 15.3 Å². The maximum atomic E-state index is 8.99. The van der Waals surface area contributed by atoms with Gasteiger partial charge in [-0.3, -0.25) is 0 Å². The van der Waals surface area contributed by atoms with E-state index < -0.39 is 0 Å². The van der Waals surface area contributed by atoms with Gasteiger partial charge >= 0.3 is 0 Å². The quantitative estimate of drug-likeness (QED) is 0.815. The first-order valence-electron chi connectivity index (χ1n) is 7.39. The van der Waals surface area contributed by atoms with Crippen molar-refractivity contribution in [3.05, 3.63) is 23.9 Å². The van der Waals surface area contributed by atoms with Crippen LogP contribution in [0.25, 0.3) is 0 Å². The third-order valence-electron chi connectivity index (χ3n) is 4.13. The number of aromatic nitrogens is 1. The summed E-state index contributed by atoms with van der Waals surface area (Å²) in [5.74, 6) is 1.71. The summed E-state index contributed by atoms with van der Waals surface area (Å²) in [6, 6.07) is 5.06. The van der Waals surface area contributed by atoms with E-state index >= 15 is 0 Å². The fraction of sp³-hybridized carbons (Fsp3) is 0.667. The van der Waals surface area contributed by atoms with E-state index in [4.69, 9.17) is 5.11 Å². The number of aliphatic hydroxyl groups is 1. The normalized spacial score (nSPS) is 23.0. The molecule has 2 aliphatic rings. The molecule has 1 saturated carbocycles. The molecular formula is C15H23N3O. The van der Waals surface area contributed by atoms with Gasteiger partial charge in [0.2, 0.25) is 0 Å². The highest BCUT2D eigenvalue weighted by atomic mass is 16.3. The molecule has 1 aromatic heterocycles. The Bertz CT molecular complexity index is 402. The van der Waals surface area contributed by atoms with Gasteiger partial charge in [-0.25, -0.2) is 4.98 Å². The summed E-state index contributed by atoms with van der Waals surface area (Å²) in [7, 11) is 0. The second-order valence-electron chi connectivity index (χ2n) is 5.79. The highest BCUT2D eigenvalue weighted by molar-refractivity contribution is 5.40. The average molecular weight is 261 g/mol. The van der Waals surface area contributed by atoms with Crippen molar-refractivity contribution in [1.29, 1.82) is 0 Å². The Kier molecular flexibility index (Phi) is 3.99. The largest absolute Gasteiger partial charge is 0.396 e. The molecule has 104 valence electrons. The third kappa shape index (κ3) is 3.45. The zero-order chi connectivity index (χ0) is 13.1. The van der Waals surface area contributed by atoms with Crippen LogP contribution in [0, 0.1) is 5.92 Å². The van der Waals surface area contributed by atoms with Crippen molar-refractivity contribution in [3.8, 4) is 0 Å². The molecule has 0 amide bonds. The minimum atomic E-state index is 0.303. The maximum absolute atomic E-state index is 8.99. The Hall–Kier alpha value is -1.13. The molecule has 4 heteroatoms. The van der Waals surface area contributed by atoms with Crippen LogP contribution >= 0.6 is 0 Å². The number of pyridine rings is 1. The number of anilines is 1. The van der Waals surface area contributed by atoms with Crippen molar-refractivity contribution in [2.24, 2.45) is 5.92 Å². The smallest absolute Gasteiger partial charge is 0.128 e. The standard InChI is InChI=1S/C15H23N3O/c19-8-6-12-5-7-18(11-12)15-4-1-13(10-17-15)9-16-14-2-3-14/h1,4,10,12,14,16,19H,2-3,5-9,11H2. The highest BCUT2D eigenvalue weighted by Gasteiger charge is 2.23. The van der Waals surface area contributed by atoms with E-state index in [9.17, 15) is 0 Å². The first-order valence-corrected chi connectivity index (χ1v) is 7.39. The molecule has 4 nitrogen and oxygen atoms in total. The molecule has 0 spiro atoms. The summed E-state index contributed by atoms with van der Waals surface area (Å²) in [6.45, 7) is 3.34. The van der Waals surface area contributed by atoms with Crippen LogP contribution in [0.3, 0.4) is 0 Å². The lowest BCUT2D eigenvalue weighted by Gasteiger charge is -2.17. The Labute approximate surface area is 114 Å². The summed E-state index contributed by atoms with van der Waals surface area (Å²) in [5, 5.41) is 12.5. The molecule has 1 unspecified atom stereocenters. The van der Waals surface area contributed by atoms with Gasteiger partial charge in [0.05, 0.1) is 0 Å². The van der Waals surface area contributed by atoms with Crippen LogP contribution < -0.4 is 10.2 Å². The fourth-order valence-corrected chi connectivity index (χ4v) is 2.72. The molecule has 1 aromatic rings. The van der Waals surface area contributed by atoms with Crippen molar-refractivity contribution in [1.82, 2.24) is 10.3 Å². The van der Waals surface area contributed by atoms with Crippen molar-refractivity contribution in [2.75, 3.05) is 24.6 Å². The molecule has 0 bridgehead atoms. The maximum Gasteiger partial charge on any atom is 0.128 e. The van der Waals surface area contributed by atoms with Crippen LogP contribution in [-0.2, 0) is 6.54 Å². The lowest BCUT2D eigenvalue weighted by atomic mass is 10.1. The molecule has 1 atom stereocenters. The SMILES string of the molecule is OCCC1CCN(c2ccc(CNC3CC3)cn2)C1.